The number of hydrogen-bond acceptors (Lipinski definition) is 7. The van der Waals surface area contributed by atoms with E-state index in [-0.39, 0.29) is 24.7 Å². The van der Waals surface area contributed by atoms with Crippen molar-refractivity contribution in [2.75, 3.05) is 33.3 Å². The molecule has 0 saturated heterocycles. The molecule has 0 spiro atoms. The van der Waals surface area contributed by atoms with E-state index in [0.717, 1.165) is 6.20 Å². The fourth-order valence-corrected chi connectivity index (χ4v) is 2.22. The summed E-state index contributed by atoms with van der Waals surface area (Å²) in [6, 6.07) is 3.22. The van der Waals surface area contributed by atoms with E-state index in [1.165, 1.54) is 11.8 Å². The summed E-state index contributed by atoms with van der Waals surface area (Å²) in [7, 11) is 1.57. The average Bonchev–Trinajstić information content (AvgIpc) is 2.96. The van der Waals surface area contributed by atoms with Crippen LogP contribution >= 0.6 is 24.2 Å². The van der Waals surface area contributed by atoms with Gasteiger partial charge in [0, 0.05) is 27.6 Å². The van der Waals surface area contributed by atoms with Gasteiger partial charge in [0.05, 0.1) is 17.2 Å². The molecule has 1 aromatic heterocycles. The van der Waals surface area contributed by atoms with Crippen molar-refractivity contribution < 1.29 is 17.6 Å². The number of nitro groups is 1. The van der Waals surface area contributed by atoms with Gasteiger partial charge in [0.15, 0.2) is 5.82 Å². The van der Waals surface area contributed by atoms with Gasteiger partial charge in [-0.15, -0.1) is 12.4 Å². The van der Waals surface area contributed by atoms with E-state index in [2.05, 4.69) is 10.6 Å². The van der Waals surface area contributed by atoms with Crippen LogP contribution in [0.1, 0.15) is 19.7 Å². The molecule has 1 heterocycles. The number of thioether (sulfide) groups is 1. The highest BCUT2D eigenvalue weighted by atomic mass is 35.5. The van der Waals surface area contributed by atoms with Gasteiger partial charge in [-0.05, 0) is 26.1 Å². The first-order chi connectivity index (χ1) is 12.4. The number of rotatable bonds is 10. The zero-order chi connectivity index (χ0) is 20.7. The molecule has 0 radical (unpaired) electrons. The van der Waals surface area contributed by atoms with Crippen LogP contribution in [0.4, 0.5) is 0 Å². The maximum Gasteiger partial charge on any atom is 0.274 e. The number of nitrogens with zero attached hydrogens (tertiary/aromatic N) is 2. The lowest BCUT2D eigenvalue weighted by atomic mass is 10.4. The summed E-state index contributed by atoms with van der Waals surface area (Å²) in [5.74, 6) is 2.28. The van der Waals surface area contributed by atoms with Crippen LogP contribution in [-0.2, 0) is 12.3 Å². The normalized spacial score (nSPS) is 16.4. The van der Waals surface area contributed by atoms with Crippen LogP contribution in [0.25, 0.3) is 0 Å². The molecular weight excluding hydrogens is 328 g/mol. The molecule has 0 saturated carbocycles. The van der Waals surface area contributed by atoms with Crippen molar-refractivity contribution in [3.8, 4) is 0 Å². The maximum absolute atomic E-state index is 10.4. The van der Waals surface area contributed by atoms with Crippen LogP contribution in [0.15, 0.2) is 28.6 Å². The molecule has 0 aliphatic carbocycles. The predicted molar refractivity (Wildman–Crippen MR) is 91.6 cm³/mol. The Balaban J connectivity index is 0.00000729. The van der Waals surface area contributed by atoms with Crippen LogP contribution in [0.2, 0.25) is 0 Å². The third-order valence-corrected chi connectivity index (χ3v) is 3.32. The second-order valence-electron chi connectivity index (χ2n) is 4.01. The average molecular weight is 357 g/mol. The quantitative estimate of drug-likeness (QED) is 0.376. The number of halogens is 1. The van der Waals surface area contributed by atoms with Gasteiger partial charge in [0.25, 0.3) is 6.20 Å². The zero-order valence-electron chi connectivity index (χ0n) is 18.0. The molecule has 0 unspecified atom stereocenters. The number of hydrogen-bond donors (Lipinski definition) is 2. The molecule has 1 rings (SSSR count). The molecule has 0 aromatic carbocycles. The summed E-state index contributed by atoms with van der Waals surface area (Å²) in [5, 5.41) is 16.0. The summed E-state index contributed by atoms with van der Waals surface area (Å²) in [6.45, 7) is -5.39. The Morgan fingerprint density at radius 3 is 2.91 bits per heavy atom. The van der Waals surface area contributed by atoms with Gasteiger partial charge >= 0.3 is 0 Å². The van der Waals surface area contributed by atoms with E-state index < -0.39 is 18.9 Å². The second-order valence-corrected chi connectivity index (χ2v) is 5.12. The predicted octanol–water partition coefficient (Wildman–Crippen LogP) is 1.88. The van der Waals surface area contributed by atoms with Gasteiger partial charge in [-0.2, -0.15) is 11.8 Å². The molecule has 2 N–H and O–H groups in total. The Hall–Kier alpha value is -1.38. The highest BCUT2D eigenvalue weighted by Gasteiger charge is 2.04. The first-order valence-electron chi connectivity index (χ1n) is 9.13. The Morgan fingerprint density at radius 1 is 1.55 bits per heavy atom. The van der Waals surface area contributed by atoms with E-state index in [1.54, 1.807) is 19.2 Å². The molecule has 1 aromatic rings. The standard InChI is InChI=1S/C13H22N4O3S.ClH/c1-14-13(9-17(18)19)15-6-7-21-10-12-5-4-11(20-12)8-16(2)3;/h4-5,9,14-15H,6-8,10H2,1-3H3;1H/i2D3,3D3;. The van der Waals surface area contributed by atoms with Crippen molar-refractivity contribution in [3.05, 3.63) is 45.8 Å². The topological polar surface area (TPSA) is 83.6 Å². The van der Waals surface area contributed by atoms with Gasteiger partial charge in [-0.25, -0.2) is 0 Å². The zero-order valence-corrected chi connectivity index (χ0v) is 13.6. The molecule has 7 nitrogen and oxygen atoms in total. The summed E-state index contributed by atoms with van der Waals surface area (Å²) in [4.78, 5) is 10.3. The SMILES string of the molecule is Cl.[2H]C([2H])([2H])N(Cc1ccc(CSCCNC(=C[N+](=O)[O-])NC)o1)C([2H])([2H])[2H]. The molecule has 0 bridgehead atoms. The van der Waals surface area contributed by atoms with Gasteiger partial charge in [0.2, 0.25) is 0 Å². The first-order valence-corrected chi connectivity index (χ1v) is 7.29. The van der Waals surface area contributed by atoms with Crippen LogP contribution < -0.4 is 10.6 Å². The Bertz CT molecular complexity index is 639. The molecule has 0 amide bonds. The Kier molecular flexibility index (Phi) is 6.17. The fourth-order valence-electron chi connectivity index (χ4n) is 1.48. The third kappa shape index (κ3) is 8.81. The molecule has 0 aliphatic heterocycles. The number of furan rings is 1. The Labute approximate surface area is 149 Å². The largest absolute Gasteiger partial charge is 0.464 e. The van der Waals surface area contributed by atoms with Gasteiger partial charge in [-0.3, -0.25) is 10.1 Å². The fraction of sp³-hybridized carbons (Fsp3) is 0.538. The van der Waals surface area contributed by atoms with Gasteiger partial charge < -0.3 is 20.0 Å². The lowest BCUT2D eigenvalue weighted by Crippen LogP contribution is -2.26. The molecule has 126 valence electrons. The van der Waals surface area contributed by atoms with Gasteiger partial charge in [-0.1, -0.05) is 0 Å². The summed E-state index contributed by atoms with van der Waals surface area (Å²) >= 11 is 1.50. The summed E-state index contributed by atoms with van der Waals surface area (Å²) in [6.07, 6.45) is 0.838. The van der Waals surface area contributed by atoms with Crippen molar-refractivity contribution in [1.82, 2.24) is 15.5 Å². The van der Waals surface area contributed by atoms with E-state index >= 15 is 0 Å². The van der Waals surface area contributed by atoms with Crippen molar-refractivity contribution in [2.24, 2.45) is 0 Å². The van der Waals surface area contributed by atoms with Crippen LogP contribution in [0.5, 0.6) is 0 Å². The van der Waals surface area contributed by atoms with Crippen molar-refractivity contribution in [2.45, 2.75) is 12.3 Å². The smallest absolute Gasteiger partial charge is 0.274 e. The van der Waals surface area contributed by atoms with Gasteiger partial charge in [0.1, 0.15) is 11.5 Å². The lowest BCUT2D eigenvalue weighted by Gasteiger charge is -2.07. The monoisotopic (exact) mass is 356 g/mol. The lowest BCUT2D eigenvalue weighted by molar-refractivity contribution is -0.404. The molecule has 9 heteroatoms. The highest BCUT2D eigenvalue weighted by Crippen LogP contribution is 2.15. The Morgan fingerprint density at radius 2 is 2.27 bits per heavy atom. The minimum Gasteiger partial charge on any atom is -0.464 e. The van der Waals surface area contributed by atoms with E-state index in [1.807, 2.05) is 0 Å². The third-order valence-electron chi connectivity index (χ3n) is 2.34. The summed E-state index contributed by atoms with van der Waals surface area (Å²) in [5.41, 5.74) is 0. The molecule has 0 aliphatic rings. The minimum absolute atomic E-state index is 0. The highest BCUT2D eigenvalue weighted by molar-refractivity contribution is 7.98. The second kappa shape index (κ2) is 11.2. The number of nitrogens with one attached hydrogen (secondary N) is 2. The van der Waals surface area contributed by atoms with Crippen LogP contribution in [0.3, 0.4) is 0 Å². The molecule has 22 heavy (non-hydrogen) atoms. The first kappa shape index (κ1) is 12.1. The van der Waals surface area contributed by atoms with Crippen molar-refractivity contribution in [1.29, 1.82) is 0 Å². The van der Waals surface area contributed by atoms with Crippen LogP contribution in [-0.4, -0.2) is 43.1 Å². The summed E-state index contributed by atoms with van der Waals surface area (Å²) < 4.78 is 49.6. The van der Waals surface area contributed by atoms with Crippen molar-refractivity contribution in [3.63, 3.8) is 0 Å². The van der Waals surface area contributed by atoms with Crippen molar-refractivity contribution >= 4 is 24.2 Å². The van der Waals surface area contributed by atoms with E-state index in [4.69, 9.17) is 12.6 Å². The molecule has 0 atom stereocenters. The molecular formula is C13H23ClN4O3S. The van der Waals surface area contributed by atoms with Crippen LogP contribution in [0, 0.1) is 10.1 Å². The minimum atomic E-state index is -2.76. The van der Waals surface area contributed by atoms with E-state index in [9.17, 15) is 10.1 Å². The van der Waals surface area contributed by atoms with E-state index in [0.29, 0.717) is 34.5 Å². The maximum atomic E-state index is 10.4. The molecule has 0 fully saturated rings.